The fourth-order valence-electron chi connectivity index (χ4n) is 2.70. The first-order valence-electron chi connectivity index (χ1n) is 8.80. The van der Waals surface area contributed by atoms with Gasteiger partial charge in [-0.25, -0.2) is 4.98 Å². The molecule has 1 N–H and O–H groups in total. The Kier molecular flexibility index (Phi) is 5.80. The Bertz CT molecular complexity index is 1040. The third kappa shape index (κ3) is 4.47. The number of para-hydroxylation sites is 1. The molecule has 2 aromatic carbocycles. The zero-order valence-corrected chi connectivity index (χ0v) is 16.6. The van der Waals surface area contributed by atoms with Gasteiger partial charge in [0.1, 0.15) is 17.4 Å². The van der Waals surface area contributed by atoms with E-state index in [9.17, 15) is 4.79 Å². The maximum Gasteiger partial charge on any atom is 0.255 e. The number of rotatable bonds is 7. The number of thiophene rings is 1. The predicted octanol–water partition coefficient (Wildman–Crippen LogP) is 5.38. The van der Waals surface area contributed by atoms with Crippen molar-refractivity contribution in [1.29, 1.82) is 0 Å². The number of amides is 1. The second-order valence-corrected chi connectivity index (χ2v) is 7.75. The molecule has 0 saturated heterocycles. The second-order valence-electron chi connectivity index (χ2n) is 6.11. The molecule has 0 fully saturated rings. The summed E-state index contributed by atoms with van der Waals surface area (Å²) in [5.41, 5.74) is 3.55. The highest BCUT2D eigenvalue weighted by Gasteiger charge is 2.13. The molecule has 0 saturated carbocycles. The van der Waals surface area contributed by atoms with Gasteiger partial charge in [0, 0.05) is 22.9 Å². The van der Waals surface area contributed by atoms with E-state index >= 15 is 0 Å². The Morgan fingerprint density at radius 2 is 1.82 bits per heavy atom. The average molecular weight is 407 g/mol. The van der Waals surface area contributed by atoms with Gasteiger partial charge in [-0.1, -0.05) is 42.5 Å². The first kappa shape index (κ1) is 18.4. The zero-order chi connectivity index (χ0) is 19.2. The maximum absolute atomic E-state index is 12.6. The molecule has 0 bridgehead atoms. The lowest BCUT2D eigenvalue weighted by molar-refractivity contribution is 0.0946. The number of thiazole rings is 1. The van der Waals surface area contributed by atoms with Gasteiger partial charge in [0.25, 0.3) is 5.91 Å². The second kappa shape index (κ2) is 8.82. The van der Waals surface area contributed by atoms with Crippen LogP contribution in [0.4, 0.5) is 0 Å². The van der Waals surface area contributed by atoms with Crippen LogP contribution < -0.4 is 10.1 Å². The first-order chi connectivity index (χ1) is 13.8. The van der Waals surface area contributed by atoms with Crippen molar-refractivity contribution < 1.29 is 9.53 Å². The van der Waals surface area contributed by atoms with Crippen LogP contribution in [0.1, 0.15) is 21.6 Å². The van der Waals surface area contributed by atoms with Gasteiger partial charge < -0.3 is 10.1 Å². The zero-order valence-electron chi connectivity index (χ0n) is 15.0. The Morgan fingerprint density at radius 1 is 1.00 bits per heavy atom. The van der Waals surface area contributed by atoms with Crippen molar-refractivity contribution in [3.05, 3.63) is 93.6 Å². The van der Waals surface area contributed by atoms with E-state index in [-0.39, 0.29) is 5.91 Å². The number of aromatic nitrogens is 1. The van der Waals surface area contributed by atoms with Crippen LogP contribution in [-0.4, -0.2) is 10.9 Å². The fourth-order valence-corrected chi connectivity index (χ4v) is 4.21. The highest BCUT2D eigenvalue weighted by molar-refractivity contribution is 7.14. The smallest absolute Gasteiger partial charge is 0.255 e. The van der Waals surface area contributed by atoms with Crippen LogP contribution in [0, 0.1) is 0 Å². The summed E-state index contributed by atoms with van der Waals surface area (Å²) in [7, 11) is 0. The van der Waals surface area contributed by atoms with Crippen LogP contribution >= 0.6 is 22.7 Å². The normalized spacial score (nSPS) is 10.6. The first-order valence-corrected chi connectivity index (χ1v) is 10.6. The van der Waals surface area contributed by atoms with Crippen LogP contribution in [0.3, 0.4) is 0 Å². The quantitative estimate of drug-likeness (QED) is 0.448. The van der Waals surface area contributed by atoms with Crippen molar-refractivity contribution in [2.24, 2.45) is 0 Å². The van der Waals surface area contributed by atoms with Gasteiger partial charge in [-0.2, -0.15) is 11.3 Å². The van der Waals surface area contributed by atoms with Crippen molar-refractivity contribution >= 4 is 28.6 Å². The lowest BCUT2D eigenvalue weighted by Crippen LogP contribution is -2.23. The molecule has 0 unspecified atom stereocenters. The highest BCUT2D eigenvalue weighted by Crippen LogP contribution is 2.26. The largest absolute Gasteiger partial charge is 0.486 e. The molecule has 140 valence electrons. The standard InChI is InChI=1S/C22H18N2O2S2/c25-21(23-12-16-6-2-1-3-7-16)19-8-4-5-9-20(19)26-13-18-15-28-22(24-18)17-10-11-27-14-17/h1-11,14-15H,12-13H2,(H,23,25). The third-order valence-corrected chi connectivity index (χ3v) is 5.75. The monoisotopic (exact) mass is 406 g/mol. The summed E-state index contributed by atoms with van der Waals surface area (Å²) >= 11 is 3.25. The summed E-state index contributed by atoms with van der Waals surface area (Å²) in [6, 6.07) is 19.2. The minimum absolute atomic E-state index is 0.156. The number of ether oxygens (including phenoxy) is 1. The van der Waals surface area contributed by atoms with Crippen molar-refractivity contribution in [2.45, 2.75) is 13.2 Å². The molecule has 2 heterocycles. The van der Waals surface area contributed by atoms with Crippen LogP contribution in [0.2, 0.25) is 0 Å². The maximum atomic E-state index is 12.6. The molecule has 6 heteroatoms. The van der Waals surface area contributed by atoms with Crippen LogP contribution in [0.15, 0.2) is 76.8 Å². The lowest BCUT2D eigenvalue weighted by Gasteiger charge is -2.11. The highest BCUT2D eigenvalue weighted by atomic mass is 32.1. The van der Waals surface area contributed by atoms with Crippen molar-refractivity contribution in [3.8, 4) is 16.3 Å². The average Bonchev–Trinajstić information content (AvgIpc) is 3.43. The summed E-state index contributed by atoms with van der Waals surface area (Å²) in [4.78, 5) is 17.2. The molecular weight excluding hydrogens is 388 g/mol. The van der Waals surface area contributed by atoms with Gasteiger partial charge in [-0.15, -0.1) is 11.3 Å². The number of nitrogens with one attached hydrogen (secondary N) is 1. The fraction of sp³-hybridized carbons (Fsp3) is 0.0909. The Hall–Kier alpha value is -2.96. The van der Waals surface area contributed by atoms with Gasteiger partial charge in [0.2, 0.25) is 0 Å². The van der Waals surface area contributed by atoms with Gasteiger partial charge in [-0.05, 0) is 29.1 Å². The predicted molar refractivity (Wildman–Crippen MR) is 114 cm³/mol. The number of hydrogen-bond acceptors (Lipinski definition) is 5. The summed E-state index contributed by atoms with van der Waals surface area (Å²) in [6.45, 7) is 0.799. The van der Waals surface area contributed by atoms with Crippen molar-refractivity contribution in [1.82, 2.24) is 10.3 Å². The van der Waals surface area contributed by atoms with E-state index in [2.05, 4.69) is 21.7 Å². The summed E-state index contributed by atoms with van der Waals surface area (Å²) < 4.78 is 5.91. The molecule has 4 rings (SSSR count). The Balaban J connectivity index is 1.41. The molecule has 0 aliphatic carbocycles. The lowest BCUT2D eigenvalue weighted by atomic mass is 10.1. The molecule has 0 radical (unpaired) electrons. The molecule has 0 atom stereocenters. The van der Waals surface area contributed by atoms with Crippen molar-refractivity contribution in [2.75, 3.05) is 0 Å². The molecule has 28 heavy (non-hydrogen) atoms. The van der Waals surface area contributed by atoms with Crippen LogP contribution in [0.25, 0.3) is 10.6 Å². The number of carbonyl (C=O) groups is 1. The molecular formula is C22H18N2O2S2. The number of hydrogen-bond donors (Lipinski definition) is 1. The van der Waals surface area contributed by atoms with Gasteiger partial charge in [0.05, 0.1) is 11.3 Å². The van der Waals surface area contributed by atoms with E-state index in [1.165, 1.54) is 0 Å². The van der Waals surface area contributed by atoms with Gasteiger partial charge in [0.15, 0.2) is 0 Å². The topological polar surface area (TPSA) is 51.2 Å². The molecule has 0 spiro atoms. The summed E-state index contributed by atoms with van der Waals surface area (Å²) in [5.74, 6) is 0.398. The van der Waals surface area contributed by atoms with E-state index in [4.69, 9.17) is 4.74 Å². The number of nitrogens with zero attached hydrogens (tertiary/aromatic N) is 1. The summed E-state index contributed by atoms with van der Waals surface area (Å²) in [6.07, 6.45) is 0. The van der Waals surface area contributed by atoms with Gasteiger partial charge in [-0.3, -0.25) is 4.79 Å². The molecule has 1 amide bonds. The van der Waals surface area contributed by atoms with Crippen molar-refractivity contribution in [3.63, 3.8) is 0 Å². The molecule has 2 aromatic heterocycles. The SMILES string of the molecule is O=C(NCc1ccccc1)c1ccccc1OCc1csc(-c2ccsc2)n1. The van der Waals surface area contributed by atoms with E-state index in [1.54, 1.807) is 28.7 Å². The van der Waals surface area contributed by atoms with E-state index in [1.807, 2.05) is 59.3 Å². The Morgan fingerprint density at radius 3 is 2.64 bits per heavy atom. The van der Waals surface area contributed by atoms with E-state index in [0.29, 0.717) is 24.5 Å². The molecule has 0 aliphatic heterocycles. The summed E-state index contributed by atoms with van der Waals surface area (Å²) in [5, 5.41) is 10.0. The molecule has 0 aliphatic rings. The van der Waals surface area contributed by atoms with Crippen LogP contribution in [0.5, 0.6) is 5.75 Å². The Labute approximate surface area is 171 Å². The van der Waals surface area contributed by atoms with E-state index < -0.39 is 0 Å². The molecule has 4 aromatic rings. The van der Waals surface area contributed by atoms with Crippen LogP contribution in [-0.2, 0) is 13.2 Å². The number of carbonyl (C=O) groups excluding carboxylic acids is 1. The van der Waals surface area contributed by atoms with Gasteiger partial charge >= 0.3 is 0 Å². The molecule has 4 nitrogen and oxygen atoms in total. The third-order valence-electron chi connectivity index (χ3n) is 4.12. The minimum Gasteiger partial charge on any atom is -0.486 e. The van der Waals surface area contributed by atoms with E-state index in [0.717, 1.165) is 21.8 Å². The minimum atomic E-state index is -0.156. The number of benzene rings is 2.